The monoisotopic (exact) mass is 274 g/mol. The van der Waals surface area contributed by atoms with Gasteiger partial charge in [-0.1, -0.05) is 13.8 Å². The Morgan fingerprint density at radius 1 is 1.30 bits per heavy atom. The van der Waals surface area contributed by atoms with Crippen LogP contribution in [0, 0.1) is 18.8 Å². The molecule has 3 heteroatoms. The number of carbonyl (C=O) groups excluding carboxylic acids is 1. The third kappa shape index (κ3) is 3.33. The van der Waals surface area contributed by atoms with Gasteiger partial charge in [0.15, 0.2) is 0 Å². The van der Waals surface area contributed by atoms with Gasteiger partial charge >= 0.3 is 0 Å². The van der Waals surface area contributed by atoms with Crippen LogP contribution in [0.3, 0.4) is 0 Å². The maximum absolute atomic E-state index is 12.6. The molecule has 110 valence electrons. The molecule has 2 rings (SSSR count). The van der Waals surface area contributed by atoms with Crippen molar-refractivity contribution in [1.29, 1.82) is 0 Å². The van der Waals surface area contributed by atoms with Gasteiger partial charge in [-0.25, -0.2) is 0 Å². The van der Waals surface area contributed by atoms with Crippen LogP contribution in [0.1, 0.15) is 43.1 Å². The number of hydrogen-bond acceptors (Lipinski definition) is 2. The predicted molar refractivity (Wildman–Crippen MR) is 84.2 cm³/mol. The number of likely N-dealkylation sites (tertiary alicyclic amines) is 1. The lowest BCUT2D eigenvalue weighted by Gasteiger charge is -2.35. The van der Waals surface area contributed by atoms with Gasteiger partial charge in [0.05, 0.1) is 0 Å². The molecule has 1 saturated heterocycles. The number of hydrogen-bond donors (Lipinski definition) is 1. The summed E-state index contributed by atoms with van der Waals surface area (Å²) >= 11 is 0. The highest BCUT2D eigenvalue weighted by molar-refractivity contribution is 5.95. The van der Waals surface area contributed by atoms with E-state index in [-0.39, 0.29) is 5.91 Å². The molecule has 1 N–H and O–H groups in total. The number of anilines is 1. The van der Waals surface area contributed by atoms with Crippen LogP contribution in [-0.4, -0.2) is 30.4 Å². The average Bonchev–Trinajstić information content (AvgIpc) is 2.39. The third-order valence-electron chi connectivity index (χ3n) is 4.00. The molecule has 0 radical (unpaired) electrons. The highest BCUT2D eigenvalue weighted by Gasteiger charge is 2.26. The summed E-state index contributed by atoms with van der Waals surface area (Å²) in [5.74, 6) is 1.38. The molecular weight excluding hydrogens is 248 g/mol. The lowest BCUT2D eigenvalue weighted by Crippen LogP contribution is -2.42. The Balaban J connectivity index is 2.14. The SMILES string of the molecule is CCNc1ccc(C(=O)N2CC(C)CC(C)C2)cc1C. The molecule has 1 aromatic carbocycles. The number of carbonyl (C=O) groups is 1. The molecule has 0 spiro atoms. The summed E-state index contributed by atoms with van der Waals surface area (Å²) in [7, 11) is 0. The van der Waals surface area contributed by atoms with Gasteiger partial charge in [-0.05, 0) is 55.9 Å². The first kappa shape index (κ1) is 14.9. The summed E-state index contributed by atoms with van der Waals surface area (Å²) < 4.78 is 0. The van der Waals surface area contributed by atoms with Crippen molar-refractivity contribution in [3.05, 3.63) is 29.3 Å². The van der Waals surface area contributed by atoms with Gasteiger partial charge < -0.3 is 10.2 Å². The number of aryl methyl sites for hydroxylation is 1. The third-order valence-corrected chi connectivity index (χ3v) is 4.00. The molecular formula is C17H26N2O. The van der Waals surface area contributed by atoms with Crippen LogP contribution in [0.4, 0.5) is 5.69 Å². The molecule has 3 nitrogen and oxygen atoms in total. The van der Waals surface area contributed by atoms with Crippen molar-refractivity contribution >= 4 is 11.6 Å². The Bertz CT molecular complexity index is 474. The van der Waals surface area contributed by atoms with Crippen LogP contribution in [0.2, 0.25) is 0 Å². The molecule has 0 bridgehead atoms. The van der Waals surface area contributed by atoms with Crippen LogP contribution in [0.25, 0.3) is 0 Å². The Labute approximate surface area is 122 Å². The number of piperidine rings is 1. The molecule has 1 heterocycles. The van der Waals surface area contributed by atoms with E-state index < -0.39 is 0 Å². The normalized spacial score (nSPS) is 22.7. The van der Waals surface area contributed by atoms with Crippen LogP contribution < -0.4 is 5.32 Å². The molecule has 1 aliphatic rings. The van der Waals surface area contributed by atoms with Crippen molar-refractivity contribution in [2.45, 2.75) is 34.1 Å². The molecule has 20 heavy (non-hydrogen) atoms. The highest BCUT2D eigenvalue weighted by atomic mass is 16.2. The number of amides is 1. The first-order valence-electron chi connectivity index (χ1n) is 7.65. The summed E-state index contributed by atoms with van der Waals surface area (Å²) in [4.78, 5) is 14.6. The Kier molecular flexibility index (Phi) is 4.69. The van der Waals surface area contributed by atoms with Gasteiger partial charge in [0.25, 0.3) is 5.91 Å². The second-order valence-electron chi connectivity index (χ2n) is 6.22. The molecule has 0 aliphatic carbocycles. The lowest BCUT2D eigenvalue weighted by molar-refractivity contribution is 0.0623. The number of nitrogens with zero attached hydrogens (tertiary/aromatic N) is 1. The van der Waals surface area contributed by atoms with Crippen molar-refractivity contribution in [1.82, 2.24) is 4.90 Å². The minimum atomic E-state index is 0.176. The van der Waals surface area contributed by atoms with E-state index in [0.29, 0.717) is 11.8 Å². The van der Waals surface area contributed by atoms with Crippen molar-refractivity contribution in [3.8, 4) is 0 Å². The maximum atomic E-state index is 12.6. The first-order valence-corrected chi connectivity index (χ1v) is 7.65. The van der Waals surface area contributed by atoms with Crippen molar-refractivity contribution in [2.24, 2.45) is 11.8 Å². The summed E-state index contributed by atoms with van der Waals surface area (Å²) in [5, 5.41) is 3.31. The maximum Gasteiger partial charge on any atom is 0.253 e. The van der Waals surface area contributed by atoms with Crippen molar-refractivity contribution in [2.75, 3.05) is 25.0 Å². The molecule has 1 fully saturated rings. The van der Waals surface area contributed by atoms with Crippen LogP contribution >= 0.6 is 0 Å². The van der Waals surface area contributed by atoms with E-state index in [1.54, 1.807) is 0 Å². The number of benzene rings is 1. The number of nitrogens with one attached hydrogen (secondary N) is 1. The number of rotatable bonds is 3. The second kappa shape index (κ2) is 6.29. The Hall–Kier alpha value is -1.51. The second-order valence-corrected chi connectivity index (χ2v) is 6.22. The zero-order chi connectivity index (χ0) is 14.7. The van der Waals surface area contributed by atoms with Gasteiger partial charge in [-0.3, -0.25) is 4.79 Å². The molecule has 0 aromatic heterocycles. The van der Waals surface area contributed by atoms with Gasteiger partial charge in [0, 0.05) is 30.9 Å². The largest absolute Gasteiger partial charge is 0.385 e. The summed E-state index contributed by atoms with van der Waals surface area (Å²) in [6.45, 7) is 11.3. The van der Waals surface area contributed by atoms with Gasteiger partial charge in [0.1, 0.15) is 0 Å². The molecule has 2 atom stereocenters. The quantitative estimate of drug-likeness (QED) is 0.914. The molecule has 2 unspecified atom stereocenters. The van der Waals surface area contributed by atoms with E-state index in [9.17, 15) is 4.79 Å². The van der Waals surface area contributed by atoms with Crippen molar-refractivity contribution in [3.63, 3.8) is 0 Å². The molecule has 1 aromatic rings. The fraction of sp³-hybridized carbons (Fsp3) is 0.588. The zero-order valence-electron chi connectivity index (χ0n) is 13.1. The topological polar surface area (TPSA) is 32.3 Å². The van der Waals surface area contributed by atoms with Gasteiger partial charge in [0.2, 0.25) is 0 Å². The van der Waals surface area contributed by atoms with E-state index in [0.717, 1.165) is 36.4 Å². The van der Waals surface area contributed by atoms with Crippen LogP contribution in [0.5, 0.6) is 0 Å². The standard InChI is InChI=1S/C17H26N2O/c1-5-18-16-7-6-15(9-14(16)4)17(20)19-10-12(2)8-13(3)11-19/h6-7,9,12-13,18H,5,8,10-11H2,1-4H3. The Morgan fingerprint density at radius 3 is 2.50 bits per heavy atom. The fourth-order valence-corrected chi connectivity index (χ4v) is 3.20. The minimum Gasteiger partial charge on any atom is -0.385 e. The van der Waals surface area contributed by atoms with Gasteiger partial charge in [-0.15, -0.1) is 0 Å². The Morgan fingerprint density at radius 2 is 1.95 bits per heavy atom. The zero-order valence-corrected chi connectivity index (χ0v) is 13.1. The summed E-state index contributed by atoms with van der Waals surface area (Å²) in [5.41, 5.74) is 3.06. The van der Waals surface area contributed by atoms with E-state index in [1.165, 1.54) is 6.42 Å². The van der Waals surface area contributed by atoms with Crippen LogP contribution in [-0.2, 0) is 0 Å². The molecule has 1 amide bonds. The predicted octanol–water partition coefficient (Wildman–Crippen LogP) is 3.54. The fourth-order valence-electron chi connectivity index (χ4n) is 3.20. The first-order chi connectivity index (χ1) is 9.51. The van der Waals surface area contributed by atoms with E-state index in [1.807, 2.05) is 23.1 Å². The van der Waals surface area contributed by atoms with E-state index >= 15 is 0 Å². The van der Waals surface area contributed by atoms with Crippen molar-refractivity contribution < 1.29 is 4.79 Å². The molecule has 1 aliphatic heterocycles. The lowest BCUT2D eigenvalue weighted by atomic mass is 9.91. The molecule has 0 saturated carbocycles. The van der Waals surface area contributed by atoms with Crippen LogP contribution in [0.15, 0.2) is 18.2 Å². The summed E-state index contributed by atoms with van der Waals surface area (Å²) in [6.07, 6.45) is 1.22. The smallest absolute Gasteiger partial charge is 0.253 e. The van der Waals surface area contributed by atoms with Gasteiger partial charge in [-0.2, -0.15) is 0 Å². The summed E-state index contributed by atoms with van der Waals surface area (Å²) in [6, 6.07) is 5.96. The highest BCUT2D eigenvalue weighted by Crippen LogP contribution is 2.24. The van der Waals surface area contributed by atoms with E-state index in [4.69, 9.17) is 0 Å². The van der Waals surface area contributed by atoms with E-state index in [2.05, 4.69) is 33.0 Å². The minimum absolute atomic E-state index is 0.176. The average molecular weight is 274 g/mol.